The fourth-order valence-electron chi connectivity index (χ4n) is 2.24. The quantitative estimate of drug-likeness (QED) is 0.498. The predicted octanol–water partition coefficient (Wildman–Crippen LogP) is -5.89. The van der Waals surface area contributed by atoms with Gasteiger partial charge < -0.3 is 37.2 Å². The van der Waals surface area contributed by atoms with E-state index in [1.165, 1.54) is 20.6 Å². The molecule has 18 heavy (non-hydrogen) atoms. The van der Waals surface area contributed by atoms with Gasteiger partial charge in [0.2, 0.25) is 0 Å². The van der Waals surface area contributed by atoms with E-state index in [0.29, 0.717) is 5.92 Å². The number of methoxy groups -OCH3 is 1. The summed E-state index contributed by atoms with van der Waals surface area (Å²) in [5.74, 6) is 0.571. The first-order valence-corrected chi connectivity index (χ1v) is 6.04. The Morgan fingerprint density at radius 1 is 1.17 bits per heavy atom. The molecule has 1 unspecified atom stereocenters. The minimum absolute atomic E-state index is 0. The summed E-state index contributed by atoms with van der Waals surface area (Å²) in [4.78, 5) is 0. The van der Waals surface area contributed by atoms with Crippen LogP contribution in [0.15, 0.2) is 28.1 Å². The van der Waals surface area contributed by atoms with Crippen LogP contribution in [0, 0.1) is 0 Å². The van der Waals surface area contributed by atoms with Crippen LogP contribution in [0.2, 0.25) is 0 Å². The molecule has 0 bridgehead atoms. The number of fused-ring (bicyclic) bond motifs is 1. The Morgan fingerprint density at radius 2 is 1.78 bits per heavy atom. The van der Waals surface area contributed by atoms with Gasteiger partial charge >= 0.3 is 103 Å². The molecule has 0 saturated heterocycles. The third kappa shape index (κ3) is 4.00. The molecule has 0 spiro atoms. The van der Waals surface area contributed by atoms with Crippen LogP contribution in [0.25, 0.3) is 5.57 Å². The van der Waals surface area contributed by atoms with Gasteiger partial charge in [-0.1, -0.05) is 0 Å². The van der Waals surface area contributed by atoms with Crippen LogP contribution >= 0.6 is 0 Å². The molecule has 0 fully saturated rings. The fourth-order valence-corrected chi connectivity index (χ4v) is 2.92. The van der Waals surface area contributed by atoms with E-state index in [1.54, 1.807) is 7.11 Å². The maximum Gasteiger partial charge on any atom is -1.00 e. The summed E-state index contributed by atoms with van der Waals surface area (Å²) in [6, 6.07) is 8.72. The molecule has 0 N–H and O–H groups in total. The third-order valence-corrected chi connectivity index (χ3v) is 4.23. The Morgan fingerprint density at radius 3 is 2.39 bits per heavy atom. The van der Waals surface area contributed by atoms with Crippen molar-refractivity contribution >= 4 is 5.57 Å². The Balaban J connectivity index is 0. The van der Waals surface area contributed by atoms with Crippen molar-refractivity contribution < 1.29 is 62.4 Å². The van der Waals surface area contributed by atoms with E-state index >= 15 is 0 Å². The second kappa shape index (κ2) is 9.41. The van der Waals surface area contributed by atoms with Crippen LogP contribution in [0.3, 0.4) is 0 Å². The molecular weight excluding hydrogens is 326 g/mol. The number of benzene rings is 1. The number of ether oxygens (including phenoxy) is 1. The summed E-state index contributed by atoms with van der Waals surface area (Å²) in [6.07, 6.45) is 1.09. The van der Waals surface area contributed by atoms with Gasteiger partial charge in [-0.15, -0.1) is 0 Å². The number of halogens is 3. The first-order chi connectivity index (χ1) is 7.25. The molecule has 0 radical (unpaired) electrons. The topological polar surface area (TPSA) is 9.23 Å². The normalized spacial score (nSPS) is 16.3. The van der Waals surface area contributed by atoms with Gasteiger partial charge in [-0.2, -0.15) is 0 Å². The summed E-state index contributed by atoms with van der Waals surface area (Å²) in [5, 5.41) is 0. The molecule has 1 aliphatic rings. The van der Waals surface area contributed by atoms with Crippen LogP contribution in [0.5, 0.6) is 0 Å². The van der Waals surface area contributed by atoms with Crippen LogP contribution in [0.4, 0.5) is 0 Å². The van der Waals surface area contributed by atoms with E-state index in [-0.39, 0.29) is 37.2 Å². The smallest absolute Gasteiger partial charge is 1.00 e. The summed E-state index contributed by atoms with van der Waals surface area (Å²) >= 11 is 2.25. The molecule has 1 nitrogen and oxygen atoms in total. The molecule has 98 valence electrons. The van der Waals surface area contributed by atoms with Gasteiger partial charge in [0.1, 0.15) is 0 Å². The number of hydrogen-bond acceptors (Lipinski definition) is 1. The number of rotatable bonds is 3. The van der Waals surface area contributed by atoms with Gasteiger partial charge in [0.15, 0.2) is 0 Å². The average molecular weight is 341 g/mol. The zero-order valence-electron chi connectivity index (χ0n) is 10.3. The molecule has 0 aromatic heterocycles. The van der Waals surface area contributed by atoms with Crippen molar-refractivity contribution in [1.82, 2.24) is 0 Å². The average Bonchev–Trinajstić information content (AvgIpc) is 2.51. The molecule has 1 atom stereocenters. The monoisotopic (exact) mass is 340 g/mol. The molecule has 0 heterocycles. The summed E-state index contributed by atoms with van der Waals surface area (Å²) in [6.45, 7) is 3.06. The van der Waals surface area contributed by atoms with E-state index in [4.69, 9.17) is 4.74 Å². The van der Waals surface area contributed by atoms with E-state index in [0.717, 1.165) is 13.0 Å². The van der Waals surface area contributed by atoms with Crippen molar-refractivity contribution in [2.45, 2.75) is 19.3 Å². The standard InChI is InChI=1S/C13H15O.3ClH.Ti/c1-10-9-11(7-8-14-2)13-6-4-3-5-12(10)13;;;;/h3-6,11H,7-8H2,1-2H3;3*1H;/q;;;;+3/p-3. The van der Waals surface area contributed by atoms with E-state index in [9.17, 15) is 0 Å². The summed E-state index contributed by atoms with van der Waals surface area (Å²) in [7, 11) is 1.77. The van der Waals surface area contributed by atoms with Gasteiger partial charge in [-0.3, -0.25) is 0 Å². The van der Waals surface area contributed by atoms with Crippen LogP contribution in [-0.2, 0) is 25.2 Å². The van der Waals surface area contributed by atoms with Gasteiger partial charge in [0.05, 0.1) is 0 Å². The van der Waals surface area contributed by atoms with Gasteiger partial charge in [-0.05, 0) is 0 Å². The van der Waals surface area contributed by atoms with Crippen LogP contribution < -0.4 is 37.2 Å². The Labute approximate surface area is 139 Å². The molecule has 1 aliphatic carbocycles. The summed E-state index contributed by atoms with van der Waals surface area (Å²) in [5.41, 5.74) is 4.35. The zero-order chi connectivity index (χ0) is 10.8. The minimum Gasteiger partial charge on any atom is -1.00 e. The largest absolute Gasteiger partial charge is 1.00 e. The second-order valence-electron chi connectivity index (χ2n) is 3.96. The zero-order valence-corrected chi connectivity index (χ0v) is 14.2. The Bertz CT molecular complexity index is 407. The first kappa shape index (κ1) is 20.8. The number of hydrogen-bond donors (Lipinski definition) is 0. The van der Waals surface area contributed by atoms with E-state index in [2.05, 4.69) is 51.6 Å². The fraction of sp³-hybridized carbons (Fsp3) is 0.385. The number of allylic oxidation sites excluding steroid dienone is 2. The maximum absolute atomic E-state index is 5.18. The molecule has 1 aromatic rings. The van der Waals surface area contributed by atoms with Gasteiger partial charge in [0.25, 0.3) is 0 Å². The van der Waals surface area contributed by atoms with Crippen LogP contribution in [-0.4, -0.2) is 13.7 Å². The van der Waals surface area contributed by atoms with E-state index in [1.807, 2.05) is 0 Å². The molecule has 2 rings (SSSR count). The Hall–Kier alpha value is 0.504. The molecule has 5 heteroatoms. The van der Waals surface area contributed by atoms with Crippen molar-refractivity contribution in [3.8, 4) is 0 Å². The molecule has 0 saturated carbocycles. The van der Waals surface area contributed by atoms with Crippen molar-refractivity contribution in [2.75, 3.05) is 13.7 Å². The van der Waals surface area contributed by atoms with Crippen LogP contribution in [0.1, 0.15) is 30.4 Å². The predicted molar refractivity (Wildman–Crippen MR) is 58.3 cm³/mol. The van der Waals surface area contributed by atoms with Gasteiger partial charge in [-0.25, -0.2) is 0 Å². The first-order valence-electron chi connectivity index (χ1n) is 5.26. The van der Waals surface area contributed by atoms with Crippen molar-refractivity contribution in [2.24, 2.45) is 0 Å². The molecule has 0 aliphatic heterocycles. The maximum atomic E-state index is 5.18. The van der Waals surface area contributed by atoms with Crippen molar-refractivity contribution in [3.05, 3.63) is 39.3 Å². The minimum atomic E-state index is 0. The molecule has 0 amide bonds. The third-order valence-electron chi connectivity index (χ3n) is 3.10. The summed E-state index contributed by atoms with van der Waals surface area (Å²) < 4.78 is 6.69. The Kier molecular flexibility index (Phi) is 10.9. The molecular formula is C13H15Cl3OTi. The van der Waals surface area contributed by atoms with Crippen molar-refractivity contribution in [1.29, 1.82) is 0 Å². The second-order valence-corrected chi connectivity index (χ2v) is 4.80. The molecule has 1 aromatic carbocycles. The van der Waals surface area contributed by atoms with Crippen molar-refractivity contribution in [3.63, 3.8) is 0 Å². The van der Waals surface area contributed by atoms with E-state index < -0.39 is 0 Å². The van der Waals surface area contributed by atoms with Gasteiger partial charge in [0, 0.05) is 0 Å². The SMILES string of the molecule is COCCC1[C]([Ti+3])=C(C)c2ccccc21.[Cl-].[Cl-].[Cl-].